The Morgan fingerprint density at radius 1 is 0.862 bits per heavy atom. The predicted molar refractivity (Wildman–Crippen MR) is 116 cm³/mol. The molecule has 0 spiro atoms. The summed E-state index contributed by atoms with van der Waals surface area (Å²) >= 11 is 3.23. The van der Waals surface area contributed by atoms with E-state index in [9.17, 15) is 0 Å². The maximum Gasteiger partial charge on any atom is 0.153 e. The van der Waals surface area contributed by atoms with Gasteiger partial charge in [-0.15, -0.1) is 22.7 Å². The van der Waals surface area contributed by atoms with Gasteiger partial charge in [-0.1, -0.05) is 0 Å². The van der Waals surface area contributed by atoms with Gasteiger partial charge in [-0.3, -0.25) is 5.10 Å². The lowest BCUT2D eigenvalue weighted by atomic mass is 9.95. The van der Waals surface area contributed by atoms with Crippen LogP contribution in [0.25, 0.3) is 54.1 Å². The van der Waals surface area contributed by atoms with E-state index >= 15 is 0 Å². The Hall–Kier alpha value is -3.56. The first-order valence-electron chi connectivity index (χ1n) is 8.89. The van der Waals surface area contributed by atoms with E-state index in [1.807, 2.05) is 29.9 Å². The first-order valence-corrected chi connectivity index (χ1v) is 10.6. The van der Waals surface area contributed by atoms with Crippen LogP contribution >= 0.6 is 22.7 Å². The predicted octanol–water partition coefficient (Wildman–Crippen LogP) is 5.20. The molecule has 5 aromatic heterocycles. The summed E-state index contributed by atoms with van der Waals surface area (Å²) in [5.74, 6) is 0.782. The fourth-order valence-corrected chi connectivity index (χ4v) is 5.20. The van der Waals surface area contributed by atoms with Crippen molar-refractivity contribution in [3.63, 3.8) is 0 Å². The Morgan fingerprint density at radius 2 is 1.86 bits per heavy atom. The van der Waals surface area contributed by atoms with Gasteiger partial charge < -0.3 is 9.97 Å². The number of thiazole rings is 2. The van der Waals surface area contributed by atoms with Gasteiger partial charge in [0.1, 0.15) is 5.82 Å². The molecular weight excluding hydrogens is 402 g/mol. The van der Waals surface area contributed by atoms with Crippen molar-refractivity contribution in [2.75, 3.05) is 0 Å². The van der Waals surface area contributed by atoms with Crippen LogP contribution in [0, 0.1) is 0 Å². The zero-order valence-corrected chi connectivity index (χ0v) is 16.5. The van der Waals surface area contributed by atoms with Gasteiger partial charge in [0.2, 0.25) is 0 Å². The highest BCUT2D eigenvalue weighted by Crippen LogP contribution is 2.45. The number of nitrogens with zero attached hydrogens (tertiary/aromatic N) is 4. The van der Waals surface area contributed by atoms with E-state index < -0.39 is 0 Å². The third-order valence-corrected chi connectivity index (χ3v) is 6.61. The number of hydrogen-bond donors (Lipinski definition) is 3. The Bertz CT molecular complexity index is 1380. The van der Waals surface area contributed by atoms with E-state index in [1.165, 1.54) is 0 Å². The lowest BCUT2D eigenvalue weighted by molar-refractivity contribution is 1.10. The average molecular weight is 416 g/mol. The monoisotopic (exact) mass is 415 g/mol. The summed E-state index contributed by atoms with van der Waals surface area (Å²) in [7, 11) is 0. The molecule has 0 saturated heterocycles. The van der Waals surface area contributed by atoms with E-state index in [2.05, 4.69) is 42.3 Å². The maximum absolute atomic E-state index is 4.97. The number of imidazole rings is 1. The van der Waals surface area contributed by atoms with Gasteiger partial charge in [0.05, 0.1) is 15.9 Å². The smallest absolute Gasteiger partial charge is 0.153 e. The third-order valence-electron chi connectivity index (χ3n) is 4.69. The van der Waals surface area contributed by atoms with Crippen LogP contribution in [-0.4, -0.2) is 35.1 Å². The number of rotatable bonds is 4. The van der Waals surface area contributed by atoms with Crippen molar-refractivity contribution in [3.8, 4) is 43.9 Å². The van der Waals surface area contributed by atoms with Crippen molar-refractivity contribution in [1.29, 1.82) is 0 Å². The molecule has 6 rings (SSSR count). The number of nitrogens with one attached hydrogen (secondary N) is 3. The highest BCUT2D eigenvalue weighted by molar-refractivity contribution is 7.25. The molecule has 29 heavy (non-hydrogen) atoms. The van der Waals surface area contributed by atoms with Crippen LogP contribution in [0.5, 0.6) is 0 Å². The van der Waals surface area contributed by atoms with E-state index in [-0.39, 0.29) is 0 Å². The summed E-state index contributed by atoms with van der Waals surface area (Å²) in [6.07, 6.45) is 9.08. The SMILES string of the molecule is c1c[nH]c(-c2cc3sc(-c4nccs4)nc3c(-c3ccn[nH]3)c2-c2ncc[nH]2)c1. The van der Waals surface area contributed by atoms with Gasteiger partial charge in [0, 0.05) is 58.7 Å². The normalized spacial score (nSPS) is 11.4. The van der Waals surface area contributed by atoms with E-state index in [4.69, 9.17) is 4.98 Å². The quantitative estimate of drug-likeness (QED) is 0.369. The topological polar surface area (TPSA) is 98.9 Å². The molecule has 6 aromatic rings. The van der Waals surface area contributed by atoms with Gasteiger partial charge in [-0.25, -0.2) is 15.0 Å². The molecule has 0 radical (unpaired) electrons. The molecule has 7 nitrogen and oxygen atoms in total. The molecule has 0 aliphatic carbocycles. The first-order chi connectivity index (χ1) is 14.4. The van der Waals surface area contributed by atoms with Crippen molar-refractivity contribution >= 4 is 32.9 Å². The van der Waals surface area contributed by atoms with E-state index in [1.54, 1.807) is 41.3 Å². The summed E-state index contributed by atoms with van der Waals surface area (Å²) in [5.41, 5.74) is 5.82. The van der Waals surface area contributed by atoms with Gasteiger partial charge in [0.15, 0.2) is 10.0 Å². The lowest BCUT2D eigenvalue weighted by Crippen LogP contribution is -1.94. The summed E-state index contributed by atoms with van der Waals surface area (Å²) in [4.78, 5) is 20.6. The summed E-state index contributed by atoms with van der Waals surface area (Å²) < 4.78 is 1.08. The van der Waals surface area contributed by atoms with Gasteiger partial charge in [0.25, 0.3) is 0 Å². The minimum absolute atomic E-state index is 0.782. The highest BCUT2D eigenvalue weighted by Gasteiger charge is 2.24. The van der Waals surface area contributed by atoms with Crippen LogP contribution in [0.1, 0.15) is 0 Å². The standard InChI is InChI=1S/C20H13N7S2/c1-2-12(21-4-1)11-10-14-17(26-20(29-14)19-24-8-9-28-19)16(13-3-5-25-27-13)15(11)18-22-6-7-23-18/h1-10,21H,(H,22,23)(H,25,27). The minimum Gasteiger partial charge on any atom is -0.361 e. The summed E-state index contributed by atoms with van der Waals surface area (Å²) in [6.45, 7) is 0. The van der Waals surface area contributed by atoms with Crippen molar-refractivity contribution in [2.24, 2.45) is 0 Å². The lowest BCUT2D eigenvalue weighted by Gasteiger charge is -2.13. The number of fused-ring (bicyclic) bond motifs is 1. The van der Waals surface area contributed by atoms with Crippen LogP contribution in [0.2, 0.25) is 0 Å². The maximum atomic E-state index is 4.97. The summed E-state index contributed by atoms with van der Waals surface area (Å²) in [6, 6.07) is 8.19. The zero-order chi connectivity index (χ0) is 19.2. The second-order valence-corrected chi connectivity index (χ2v) is 8.29. The van der Waals surface area contributed by atoms with Crippen LogP contribution in [-0.2, 0) is 0 Å². The van der Waals surface area contributed by atoms with Crippen LogP contribution in [0.4, 0.5) is 0 Å². The van der Waals surface area contributed by atoms with Crippen molar-refractivity contribution in [1.82, 2.24) is 35.1 Å². The second kappa shape index (κ2) is 6.50. The molecule has 0 aliphatic heterocycles. The zero-order valence-electron chi connectivity index (χ0n) is 14.9. The van der Waals surface area contributed by atoms with Gasteiger partial charge in [-0.05, 0) is 24.3 Å². The fraction of sp³-hybridized carbons (Fsp3) is 0. The number of hydrogen-bond acceptors (Lipinski definition) is 6. The molecule has 0 saturated carbocycles. The average Bonchev–Trinajstić information content (AvgIpc) is 3.57. The molecule has 0 amide bonds. The highest BCUT2D eigenvalue weighted by atomic mass is 32.1. The molecule has 0 unspecified atom stereocenters. The number of benzene rings is 1. The van der Waals surface area contributed by atoms with Crippen LogP contribution in [0.15, 0.2) is 60.6 Å². The van der Waals surface area contributed by atoms with Crippen molar-refractivity contribution < 1.29 is 0 Å². The molecule has 0 fully saturated rings. The molecule has 1 aromatic carbocycles. The molecular formula is C20H13N7S2. The molecule has 0 aliphatic rings. The third kappa shape index (κ3) is 2.63. The van der Waals surface area contributed by atoms with E-state index in [0.29, 0.717) is 0 Å². The Balaban J connectivity index is 1.76. The van der Waals surface area contributed by atoms with Crippen LogP contribution in [0.3, 0.4) is 0 Å². The van der Waals surface area contributed by atoms with Gasteiger partial charge in [-0.2, -0.15) is 5.10 Å². The molecule has 3 N–H and O–H groups in total. The Kier molecular flexibility index (Phi) is 3.68. The molecule has 0 bridgehead atoms. The van der Waals surface area contributed by atoms with Crippen molar-refractivity contribution in [2.45, 2.75) is 0 Å². The second-order valence-electron chi connectivity index (χ2n) is 6.37. The molecule has 0 atom stereocenters. The van der Waals surface area contributed by atoms with Crippen molar-refractivity contribution in [3.05, 3.63) is 60.6 Å². The molecule has 9 heteroatoms. The number of aromatic amines is 3. The number of aromatic nitrogens is 7. The fourth-order valence-electron chi connectivity index (χ4n) is 3.50. The molecule has 140 valence electrons. The largest absolute Gasteiger partial charge is 0.361 e. The minimum atomic E-state index is 0.782. The summed E-state index contributed by atoms with van der Waals surface area (Å²) in [5, 5.41) is 11.1. The van der Waals surface area contributed by atoms with Gasteiger partial charge >= 0.3 is 0 Å². The number of H-pyrrole nitrogens is 3. The Morgan fingerprint density at radius 3 is 2.59 bits per heavy atom. The Labute approximate surface area is 172 Å². The first kappa shape index (κ1) is 16.4. The van der Waals surface area contributed by atoms with Crippen LogP contribution < -0.4 is 0 Å². The molecule has 5 heterocycles. The van der Waals surface area contributed by atoms with E-state index in [0.717, 1.165) is 54.1 Å².